The molecule has 2 nitrogen and oxygen atoms in total. The predicted molar refractivity (Wildman–Crippen MR) is 135 cm³/mol. The van der Waals surface area contributed by atoms with Gasteiger partial charge < -0.3 is 0 Å². The zero-order valence-electron chi connectivity index (χ0n) is 20.1. The van der Waals surface area contributed by atoms with E-state index in [9.17, 15) is 10.5 Å². The molecule has 0 amide bonds. The maximum absolute atomic E-state index is 9.74. The molecule has 3 fully saturated rings. The van der Waals surface area contributed by atoms with Gasteiger partial charge in [0, 0.05) is 5.02 Å². The van der Waals surface area contributed by atoms with Crippen LogP contribution in [0.25, 0.3) is 0 Å². The maximum Gasteiger partial charge on any atom is 0.101 e. The summed E-state index contributed by atoms with van der Waals surface area (Å²) in [5.74, 6) is 0. The van der Waals surface area contributed by atoms with Crippen molar-refractivity contribution < 1.29 is 0 Å². The van der Waals surface area contributed by atoms with E-state index < -0.39 is 0 Å². The largest absolute Gasteiger partial charge is 0.192 e. The molecule has 0 heterocycles. The Hall–Kier alpha value is -2.29. The molecule has 2 bridgehead atoms. The Kier molecular flexibility index (Phi) is 7.16. The molecule has 2 aromatic rings. The van der Waals surface area contributed by atoms with E-state index in [-0.39, 0.29) is 0 Å². The van der Waals surface area contributed by atoms with Crippen molar-refractivity contribution in [1.29, 1.82) is 10.5 Å². The van der Waals surface area contributed by atoms with Crippen LogP contribution in [-0.2, 0) is 24.7 Å². The average Bonchev–Trinajstić information content (AvgIpc) is 2.84. The summed E-state index contributed by atoms with van der Waals surface area (Å²) in [6, 6.07) is 15.4. The summed E-state index contributed by atoms with van der Waals surface area (Å²) in [4.78, 5) is 0. The standard InChI is InChI=1S/C30H35ClN2/c1-3-5-22-6-7-23(27(21-33)26(22)20-32)8-9-24-10-11-25(19-28(24)31)30-16-13-29(12-4-2,14-17-30)15-18-30/h6-7,10-11,19H,3-5,8-9,12-18H2,1-2H3. The monoisotopic (exact) mass is 458 g/mol. The second-order valence-corrected chi connectivity index (χ2v) is 10.9. The maximum atomic E-state index is 9.74. The van der Waals surface area contributed by atoms with E-state index in [1.165, 1.54) is 56.9 Å². The third kappa shape index (κ3) is 4.56. The topological polar surface area (TPSA) is 47.6 Å². The van der Waals surface area contributed by atoms with Gasteiger partial charge in [-0.15, -0.1) is 0 Å². The molecule has 0 aromatic heterocycles. The minimum atomic E-state index is 0.322. The Morgan fingerprint density at radius 1 is 0.758 bits per heavy atom. The molecule has 3 aliphatic rings. The number of aryl methyl sites for hydroxylation is 3. The number of benzene rings is 2. The minimum Gasteiger partial charge on any atom is -0.192 e. The summed E-state index contributed by atoms with van der Waals surface area (Å²) < 4.78 is 0. The summed E-state index contributed by atoms with van der Waals surface area (Å²) in [6.45, 7) is 4.42. The lowest BCUT2D eigenvalue weighted by atomic mass is 9.51. The predicted octanol–water partition coefficient (Wildman–Crippen LogP) is 8.21. The normalized spacial score (nSPS) is 23.8. The highest BCUT2D eigenvalue weighted by molar-refractivity contribution is 6.31. The zero-order valence-corrected chi connectivity index (χ0v) is 20.9. The summed E-state index contributed by atoms with van der Waals surface area (Å²) >= 11 is 6.81. The van der Waals surface area contributed by atoms with E-state index in [1.807, 2.05) is 12.1 Å². The molecule has 0 atom stereocenters. The van der Waals surface area contributed by atoms with Crippen LogP contribution in [0.15, 0.2) is 30.3 Å². The quantitative estimate of drug-likeness (QED) is 0.400. The van der Waals surface area contributed by atoms with Crippen LogP contribution in [0.4, 0.5) is 0 Å². The Labute approximate surface area is 204 Å². The van der Waals surface area contributed by atoms with Gasteiger partial charge in [0.05, 0.1) is 11.1 Å². The van der Waals surface area contributed by atoms with Gasteiger partial charge in [-0.1, -0.05) is 62.6 Å². The van der Waals surface area contributed by atoms with Crippen molar-refractivity contribution in [2.24, 2.45) is 5.41 Å². The fourth-order valence-electron chi connectivity index (χ4n) is 6.58. The lowest BCUT2D eigenvalue weighted by Crippen LogP contribution is -2.44. The number of hydrogen-bond acceptors (Lipinski definition) is 2. The van der Waals surface area contributed by atoms with E-state index in [0.29, 0.717) is 28.4 Å². The van der Waals surface area contributed by atoms with Crippen molar-refractivity contribution >= 4 is 11.6 Å². The fraction of sp³-hybridized carbons (Fsp3) is 0.533. The van der Waals surface area contributed by atoms with Crippen molar-refractivity contribution in [3.8, 4) is 12.1 Å². The van der Waals surface area contributed by atoms with Crippen LogP contribution >= 0.6 is 11.6 Å². The lowest BCUT2D eigenvalue weighted by molar-refractivity contribution is 0.0320. The SMILES string of the molecule is CCCc1ccc(CCc2ccc(C34CCC(CCC)(CC3)CC4)cc2Cl)c(C#N)c1C#N. The first-order chi connectivity index (χ1) is 16.0. The van der Waals surface area contributed by atoms with Crippen molar-refractivity contribution in [3.05, 3.63) is 68.7 Å². The second kappa shape index (κ2) is 9.91. The Balaban J connectivity index is 1.50. The number of nitrogens with zero attached hydrogens (tertiary/aromatic N) is 2. The molecule has 2 aromatic carbocycles. The summed E-state index contributed by atoms with van der Waals surface area (Å²) in [6.07, 6.45) is 14.0. The molecule has 33 heavy (non-hydrogen) atoms. The van der Waals surface area contributed by atoms with Gasteiger partial charge in [-0.05, 0) is 103 Å². The molecule has 3 saturated carbocycles. The molecule has 0 unspecified atom stereocenters. The van der Waals surface area contributed by atoms with Crippen LogP contribution in [0.3, 0.4) is 0 Å². The van der Waals surface area contributed by atoms with Crippen LogP contribution in [0.1, 0.15) is 105 Å². The lowest BCUT2D eigenvalue weighted by Gasteiger charge is -2.54. The first kappa shape index (κ1) is 23.9. The fourth-order valence-corrected chi connectivity index (χ4v) is 6.86. The molecule has 5 rings (SSSR count). The molecule has 3 aliphatic carbocycles. The number of hydrogen-bond donors (Lipinski definition) is 0. The highest BCUT2D eigenvalue weighted by Gasteiger charge is 2.48. The number of fused-ring (bicyclic) bond motifs is 3. The van der Waals surface area contributed by atoms with Crippen LogP contribution in [0.2, 0.25) is 5.02 Å². The number of rotatable bonds is 8. The number of nitriles is 2. The van der Waals surface area contributed by atoms with E-state index >= 15 is 0 Å². The van der Waals surface area contributed by atoms with Gasteiger partial charge in [0.1, 0.15) is 12.1 Å². The van der Waals surface area contributed by atoms with Gasteiger partial charge in [-0.25, -0.2) is 0 Å². The summed E-state index contributed by atoms with van der Waals surface area (Å²) in [7, 11) is 0. The average molecular weight is 459 g/mol. The highest BCUT2D eigenvalue weighted by atomic mass is 35.5. The third-order valence-electron chi connectivity index (χ3n) is 8.63. The van der Waals surface area contributed by atoms with Gasteiger partial charge in [0.2, 0.25) is 0 Å². The molecular formula is C30H35ClN2. The van der Waals surface area contributed by atoms with Crippen LogP contribution in [0, 0.1) is 28.1 Å². The van der Waals surface area contributed by atoms with Crippen LogP contribution < -0.4 is 0 Å². The van der Waals surface area contributed by atoms with Crippen molar-refractivity contribution in [2.75, 3.05) is 0 Å². The summed E-state index contributed by atoms with van der Waals surface area (Å²) in [5.41, 5.74) is 6.50. The van der Waals surface area contributed by atoms with E-state index in [1.54, 1.807) is 0 Å². The molecule has 0 N–H and O–H groups in total. The van der Waals surface area contributed by atoms with E-state index in [4.69, 9.17) is 11.6 Å². The van der Waals surface area contributed by atoms with Gasteiger partial charge >= 0.3 is 0 Å². The van der Waals surface area contributed by atoms with Crippen molar-refractivity contribution in [3.63, 3.8) is 0 Å². The number of halogens is 1. The van der Waals surface area contributed by atoms with Gasteiger partial charge in [0.25, 0.3) is 0 Å². The summed E-state index contributed by atoms with van der Waals surface area (Å²) in [5, 5.41) is 20.2. The first-order valence-corrected chi connectivity index (χ1v) is 13.1. The highest BCUT2D eigenvalue weighted by Crippen LogP contribution is 2.59. The molecule has 0 aliphatic heterocycles. The Morgan fingerprint density at radius 3 is 1.82 bits per heavy atom. The van der Waals surface area contributed by atoms with Crippen LogP contribution in [0.5, 0.6) is 0 Å². The second-order valence-electron chi connectivity index (χ2n) is 10.4. The molecular weight excluding hydrogens is 424 g/mol. The molecule has 0 radical (unpaired) electrons. The molecule has 172 valence electrons. The Morgan fingerprint density at radius 2 is 1.30 bits per heavy atom. The zero-order chi connectivity index (χ0) is 23.5. The van der Waals surface area contributed by atoms with Gasteiger partial charge in [-0.2, -0.15) is 10.5 Å². The molecule has 0 saturated heterocycles. The van der Waals surface area contributed by atoms with Gasteiger partial charge in [-0.3, -0.25) is 0 Å². The molecule has 3 heteroatoms. The smallest absolute Gasteiger partial charge is 0.101 e. The van der Waals surface area contributed by atoms with Crippen molar-refractivity contribution in [2.45, 2.75) is 96.3 Å². The van der Waals surface area contributed by atoms with Gasteiger partial charge in [0.15, 0.2) is 0 Å². The third-order valence-corrected chi connectivity index (χ3v) is 8.98. The first-order valence-electron chi connectivity index (χ1n) is 12.7. The van der Waals surface area contributed by atoms with E-state index in [2.05, 4.69) is 44.2 Å². The van der Waals surface area contributed by atoms with Crippen molar-refractivity contribution in [1.82, 2.24) is 0 Å². The minimum absolute atomic E-state index is 0.322. The van der Waals surface area contributed by atoms with E-state index in [0.717, 1.165) is 41.0 Å². The Bertz CT molecular complexity index is 1080. The van der Waals surface area contributed by atoms with Crippen LogP contribution in [-0.4, -0.2) is 0 Å². The molecule has 0 spiro atoms.